The highest BCUT2D eigenvalue weighted by Crippen LogP contribution is 2.65. The van der Waals surface area contributed by atoms with E-state index in [9.17, 15) is 5.11 Å². The zero-order valence-electron chi connectivity index (χ0n) is 14.3. The quantitative estimate of drug-likeness (QED) is 0.676. The van der Waals surface area contributed by atoms with E-state index in [1.807, 2.05) is 0 Å². The SMILES string of the molecule is C[C@]12CC[C@@H](O)CC1=CC[C@@H]1[C@@H]2CC[C@]2(C)C3=NN=C[C@H]3C[C@@H]12. The number of rotatable bonds is 0. The summed E-state index contributed by atoms with van der Waals surface area (Å²) in [6, 6.07) is 0. The van der Waals surface area contributed by atoms with Crippen molar-refractivity contribution in [3.63, 3.8) is 0 Å². The molecular formula is C20H28N2O. The number of allylic oxidation sites excluding steroid dienone is 1. The minimum Gasteiger partial charge on any atom is -0.393 e. The minimum atomic E-state index is -0.101. The van der Waals surface area contributed by atoms with Gasteiger partial charge in [-0.05, 0) is 68.1 Å². The van der Waals surface area contributed by atoms with Gasteiger partial charge in [0.05, 0.1) is 11.8 Å². The molecule has 0 aromatic carbocycles. The molecule has 124 valence electrons. The second-order valence-electron chi connectivity index (χ2n) is 9.20. The normalized spacial score (nSPS) is 53.8. The van der Waals surface area contributed by atoms with Crippen LogP contribution in [0.3, 0.4) is 0 Å². The third kappa shape index (κ3) is 1.75. The van der Waals surface area contributed by atoms with Gasteiger partial charge in [0, 0.05) is 17.5 Å². The predicted molar refractivity (Wildman–Crippen MR) is 92.5 cm³/mol. The van der Waals surface area contributed by atoms with Gasteiger partial charge >= 0.3 is 0 Å². The fourth-order valence-corrected chi connectivity index (χ4v) is 7.02. The van der Waals surface area contributed by atoms with Crippen LogP contribution in [0.4, 0.5) is 0 Å². The molecule has 4 aliphatic carbocycles. The van der Waals surface area contributed by atoms with Crippen molar-refractivity contribution >= 4 is 11.9 Å². The van der Waals surface area contributed by atoms with Crippen LogP contribution in [0.1, 0.15) is 58.8 Å². The maximum atomic E-state index is 10.1. The van der Waals surface area contributed by atoms with Gasteiger partial charge in [0.1, 0.15) is 0 Å². The summed E-state index contributed by atoms with van der Waals surface area (Å²) in [6.07, 6.45) is 12.7. The van der Waals surface area contributed by atoms with Crippen molar-refractivity contribution in [3.05, 3.63) is 11.6 Å². The van der Waals surface area contributed by atoms with Gasteiger partial charge in [-0.2, -0.15) is 10.2 Å². The molecule has 0 aromatic rings. The lowest BCUT2D eigenvalue weighted by molar-refractivity contribution is -0.0214. The van der Waals surface area contributed by atoms with E-state index in [-0.39, 0.29) is 11.5 Å². The Morgan fingerprint density at radius 1 is 1.13 bits per heavy atom. The molecule has 3 fully saturated rings. The van der Waals surface area contributed by atoms with Crippen molar-refractivity contribution in [3.8, 4) is 0 Å². The highest BCUT2D eigenvalue weighted by Gasteiger charge is 2.60. The first kappa shape index (κ1) is 14.4. The van der Waals surface area contributed by atoms with Crippen LogP contribution in [-0.2, 0) is 0 Å². The van der Waals surface area contributed by atoms with Gasteiger partial charge in [-0.25, -0.2) is 0 Å². The van der Waals surface area contributed by atoms with E-state index < -0.39 is 0 Å². The molecule has 0 unspecified atom stereocenters. The van der Waals surface area contributed by atoms with Crippen molar-refractivity contribution in [1.82, 2.24) is 0 Å². The molecule has 1 N–H and O–H groups in total. The van der Waals surface area contributed by atoms with Gasteiger partial charge in [0.2, 0.25) is 0 Å². The molecule has 7 atom stereocenters. The third-order valence-corrected chi connectivity index (χ3v) is 8.32. The summed E-state index contributed by atoms with van der Waals surface area (Å²) in [5.41, 5.74) is 3.59. The second-order valence-corrected chi connectivity index (χ2v) is 9.20. The lowest BCUT2D eigenvalue weighted by Crippen LogP contribution is -2.50. The van der Waals surface area contributed by atoms with Crippen LogP contribution in [-0.4, -0.2) is 23.1 Å². The Balaban J connectivity index is 1.52. The molecule has 0 amide bonds. The molecule has 0 radical (unpaired) electrons. The smallest absolute Gasteiger partial charge is 0.0577 e. The first-order valence-electron chi connectivity index (χ1n) is 9.51. The average molecular weight is 312 g/mol. The summed E-state index contributed by atoms with van der Waals surface area (Å²) in [4.78, 5) is 0. The molecule has 1 aliphatic heterocycles. The average Bonchev–Trinajstić information content (AvgIpc) is 3.09. The van der Waals surface area contributed by atoms with Crippen LogP contribution in [0.15, 0.2) is 21.9 Å². The van der Waals surface area contributed by atoms with Gasteiger partial charge in [-0.15, -0.1) is 0 Å². The molecule has 1 heterocycles. The summed E-state index contributed by atoms with van der Waals surface area (Å²) >= 11 is 0. The van der Waals surface area contributed by atoms with Gasteiger partial charge in [0.15, 0.2) is 0 Å². The number of nitrogens with zero attached hydrogens (tertiary/aromatic N) is 2. The van der Waals surface area contributed by atoms with E-state index in [2.05, 4.69) is 36.3 Å². The van der Waals surface area contributed by atoms with Crippen molar-refractivity contribution in [2.24, 2.45) is 44.7 Å². The lowest BCUT2D eigenvalue weighted by atomic mass is 9.48. The first-order chi connectivity index (χ1) is 11.0. The number of fused-ring (bicyclic) bond motifs is 7. The third-order valence-electron chi connectivity index (χ3n) is 8.32. The van der Waals surface area contributed by atoms with E-state index in [1.165, 1.54) is 37.8 Å². The highest BCUT2D eigenvalue weighted by atomic mass is 16.3. The van der Waals surface area contributed by atoms with Crippen molar-refractivity contribution in [1.29, 1.82) is 0 Å². The minimum absolute atomic E-state index is 0.101. The Bertz CT molecular complexity index is 636. The summed E-state index contributed by atoms with van der Waals surface area (Å²) in [7, 11) is 0. The fourth-order valence-electron chi connectivity index (χ4n) is 7.02. The maximum Gasteiger partial charge on any atom is 0.0577 e. The van der Waals surface area contributed by atoms with Gasteiger partial charge in [0.25, 0.3) is 0 Å². The van der Waals surface area contributed by atoms with Crippen LogP contribution < -0.4 is 0 Å². The van der Waals surface area contributed by atoms with Crippen LogP contribution >= 0.6 is 0 Å². The standard InChI is InChI=1S/C20H28N2O/c1-19-7-5-14(23)10-13(19)3-4-15-16(19)6-8-20(2)17(15)9-12-11-21-22-18(12)20/h3,11-12,14-17,23H,4-10H2,1-2H3/t12-,14-,15-,16+,17+,19+,20+/m1/s1. The van der Waals surface area contributed by atoms with Gasteiger partial charge in [-0.3, -0.25) is 0 Å². The Hall–Kier alpha value is -0.960. The Kier molecular flexibility index (Phi) is 2.85. The van der Waals surface area contributed by atoms with E-state index in [1.54, 1.807) is 5.57 Å². The number of hydrogen-bond acceptors (Lipinski definition) is 3. The molecule has 0 aromatic heterocycles. The molecule has 0 spiro atoms. The molecular weight excluding hydrogens is 284 g/mol. The summed E-state index contributed by atoms with van der Waals surface area (Å²) in [6.45, 7) is 4.96. The van der Waals surface area contributed by atoms with Crippen molar-refractivity contribution in [2.45, 2.75) is 64.9 Å². The highest BCUT2D eigenvalue weighted by molar-refractivity contribution is 6.06. The largest absolute Gasteiger partial charge is 0.393 e. The van der Waals surface area contributed by atoms with E-state index in [0.29, 0.717) is 11.3 Å². The molecule has 3 nitrogen and oxygen atoms in total. The molecule has 5 rings (SSSR count). The predicted octanol–water partition coefficient (Wildman–Crippen LogP) is 3.98. The number of aliphatic hydroxyl groups is 1. The molecule has 3 heteroatoms. The lowest BCUT2D eigenvalue weighted by Gasteiger charge is -2.57. The van der Waals surface area contributed by atoms with E-state index in [4.69, 9.17) is 0 Å². The Morgan fingerprint density at radius 2 is 1.96 bits per heavy atom. The molecule has 23 heavy (non-hydrogen) atoms. The molecule has 0 saturated heterocycles. The van der Waals surface area contributed by atoms with Crippen molar-refractivity contribution < 1.29 is 5.11 Å². The zero-order valence-corrected chi connectivity index (χ0v) is 14.3. The summed E-state index contributed by atoms with van der Waals surface area (Å²) in [5, 5.41) is 18.8. The van der Waals surface area contributed by atoms with Crippen molar-refractivity contribution in [2.75, 3.05) is 0 Å². The van der Waals surface area contributed by atoms with Gasteiger partial charge < -0.3 is 5.11 Å². The van der Waals surface area contributed by atoms with Crippen LogP contribution in [0.2, 0.25) is 0 Å². The second kappa shape index (κ2) is 4.56. The fraction of sp³-hybridized carbons (Fsp3) is 0.800. The number of hydrogen-bond donors (Lipinski definition) is 1. The first-order valence-corrected chi connectivity index (χ1v) is 9.51. The van der Waals surface area contributed by atoms with Crippen LogP contribution in [0.25, 0.3) is 0 Å². The van der Waals surface area contributed by atoms with Gasteiger partial charge in [-0.1, -0.05) is 25.5 Å². The van der Waals surface area contributed by atoms with Crippen LogP contribution in [0.5, 0.6) is 0 Å². The van der Waals surface area contributed by atoms with E-state index >= 15 is 0 Å². The molecule has 0 bridgehead atoms. The zero-order chi connectivity index (χ0) is 15.8. The summed E-state index contributed by atoms with van der Waals surface area (Å²) < 4.78 is 0. The Labute approximate surface area is 139 Å². The monoisotopic (exact) mass is 312 g/mol. The van der Waals surface area contributed by atoms with Crippen LogP contribution in [0, 0.1) is 34.5 Å². The summed E-state index contributed by atoms with van der Waals surface area (Å²) in [5.74, 6) is 2.91. The number of aliphatic hydroxyl groups excluding tert-OH is 1. The Morgan fingerprint density at radius 3 is 2.83 bits per heavy atom. The molecule has 3 saturated carbocycles. The molecule has 5 aliphatic rings. The maximum absolute atomic E-state index is 10.1. The van der Waals surface area contributed by atoms with E-state index in [0.717, 1.165) is 30.6 Å². The topological polar surface area (TPSA) is 45.0 Å².